The van der Waals surface area contributed by atoms with E-state index in [0.717, 1.165) is 40.5 Å². The smallest absolute Gasteiger partial charge is 0.232 e. The summed E-state index contributed by atoms with van der Waals surface area (Å²) < 4.78 is 25.5. The third kappa shape index (κ3) is 3.74. The Balaban J connectivity index is 1.55. The lowest BCUT2D eigenvalue weighted by Crippen LogP contribution is -2.34. The summed E-state index contributed by atoms with van der Waals surface area (Å²) in [6.45, 7) is 0.567. The first-order valence-corrected chi connectivity index (χ1v) is 12.1. The molecule has 7 heteroatoms. The minimum Gasteiger partial charge on any atom is -0.359 e. The Kier molecular flexibility index (Phi) is 4.92. The van der Waals surface area contributed by atoms with Gasteiger partial charge >= 0.3 is 0 Å². The van der Waals surface area contributed by atoms with E-state index in [1.165, 1.54) is 42.7 Å². The summed E-state index contributed by atoms with van der Waals surface area (Å²) in [7, 11) is -3.22. The molecule has 0 spiro atoms. The van der Waals surface area contributed by atoms with Crippen molar-refractivity contribution < 1.29 is 8.42 Å². The van der Waals surface area contributed by atoms with Crippen molar-refractivity contribution in [1.82, 2.24) is 4.98 Å². The summed E-state index contributed by atoms with van der Waals surface area (Å²) in [6, 6.07) is 6.57. The molecule has 0 saturated heterocycles. The first-order chi connectivity index (χ1) is 12.5. The Labute approximate surface area is 159 Å². The molecule has 0 atom stereocenters. The van der Waals surface area contributed by atoms with Crippen LogP contribution in [0, 0.1) is 0 Å². The van der Waals surface area contributed by atoms with E-state index in [1.807, 2.05) is 12.1 Å². The molecule has 1 N–H and O–H groups in total. The molecule has 1 aromatic heterocycles. The van der Waals surface area contributed by atoms with E-state index in [0.29, 0.717) is 12.6 Å². The number of nitrogens with one attached hydrogen (secondary N) is 1. The molecule has 4 rings (SSSR count). The van der Waals surface area contributed by atoms with E-state index in [-0.39, 0.29) is 0 Å². The Bertz CT molecular complexity index is 886. The van der Waals surface area contributed by atoms with Gasteiger partial charge in [0.25, 0.3) is 0 Å². The predicted octanol–water partition coefficient (Wildman–Crippen LogP) is 4.27. The summed E-state index contributed by atoms with van der Waals surface area (Å²) in [6.07, 6.45) is 9.46. The van der Waals surface area contributed by atoms with E-state index < -0.39 is 10.0 Å². The first kappa shape index (κ1) is 17.8. The number of sulfonamides is 1. The molecule has 2 aromatic rings. The maximum Gasteiger partial charge on any atom is 0.232 e. The number of benzene rings is 1. The molecule has 5 nitrogen and oxygen atoms in total. The molecule has 2 aliphatic rings. The zero-order chi connectivity index (χ0) is 18.1. The second-order valence-electron chi connectivity index (χ2n) is 7.30. The molecule has 0 unspecified atom stereocenters. The first-order valence-electron chi connectivity index (χ1n) is 9.34. The lowest BCUT2D eigenvalue weighted by molar-refractivity contribution is 0.462. The molecule has 26 heavy (non-hydrogen) atoms. The number of nitrogens with zero attached hydrogens (tertiary/aromatic N) is 2. The van der Waals surface area contributed by atoms with Crippen LogP contribution in [-0.4, -0.2) is 32.2 Å². The predicted molar refractivity (Wildman–Crippen MR) is 109 cm³/mol. The van der Waals surface area contributed by atoms with Gasteiger partial charge in [-0.05, 0) is 43.4 Å². The van der Waals surface area contributed by atoms with Gasteiger partial charge in [0, 0.05) is 23.5 Å². The highest BCUT2D eigenvalue weighted by Gasteiger charge is 2.24. The largest absolute Gasteiger partial charge is 0.359 e. The molecular weight excluding hydrogens is 366 g/mol. The van der Waals surface area contributed by atoms with Crippen molar-refractivity contribution >= 4 is 32.2 Å². The molecule has 1 saturated carbocycles. The van der Waals surface area contributed by atoms with Crippen molar-refractivity contribution in [2.45, 2.75) is 51.0 Å². The Morgan fingerprint density at radius 2 is 2.00 bits per heavy atom. The van der Waals surface area contributed by atoms with Crippen LogP contribution in [0.5, 0.6) is 0 Å². The van der Waals surface area contributed by atoms with Gasteiger partial charge in [-0.1, -0.05) is 25.3 Å². The molecule has 2 heterocycles. The van der Waals surface area contributed by atoms with Gasteiger partial charge in [-0.3, -0.25) is 4.31 Å². The fraction of sp³-hybridized carbons (Fsp3) is 0.526. The molecule has 0 radical (unpaired) electrons. The van der Waals surface area contributed by atoms with Crippen LogP contribution in [-0.2, 0) is 16.4 Å². The Hall–Kier alpha value is -1.60. The van der Waals surface area contributed by atoms with Crippen molar-refractivity contribution in [2.24, 2.45) is 0 Å². The Morgan fingerprint density at radius 1 is 1.19 bits per heavy atom. The molecule has 1 aromatic carbocycles. The second-order valence-corrected chi connectivity index (χ2v) is 10.1. The van der Waals surface area contributed by atoms with Crippen molar-refractivity contribution in [1.29, 1.82) is 0 Å². The van der Waals surface area contributed by atoms with E-state index in [2.05, 4.69) is 16.8 Å². The van der Waals surface area contributed by atoms with Gasteiger partial charge in [0.05, 0.1) is 17.6 Å². The summed E-state index contributed by atoms with van der Waals surface area (Å²) >= 11 is 1.65. The lowest BCUT2D eigenvalue weighted by atomic mass is 9.96. The van der Waals surface area contributed by atoms with E-state index in [4.69, 9.17) is 4.98 Å². The molecule has 1 fully saturated rings. The number of thiazole rings is 1. The van der Waals surface area contributed by atoms with Crippen molar-refractivity contribution in [2.75, 3.05) is 22.4 Å². The number of hydrogen-bond donors (Lipinski definition) is 1. The quantitative estimate of drug-likeness (QED) is 0.845. The average Bonchev–Trinajstić information content (AvgIpc) is 3.09. The van der Waals surface area contributed by atoms with Crippen LogP contribution in [0.2, 0.25) is 0 Å². The summed E-state index contributed by atoms with van der Waals surface area (Å²) in [5.41, 5.74) is 3.94. The Morgan fingerprint density at radius 3 is 2.77 bits per heavy atom. The van der Waals surface area contributed by atoms with Crippen molar-refractivity contribution in [3.05, 3.63) is 29.1 Å². The van der Waals surface area contributed by atoms with Crippen LogP contribution in [0.3, 0.4) is 0 Å². The monoisotopic (exact) mass is 391 g/mol. The SMILES string of the molecule is CS(=O)(=O)N1CCCc2cc(-c3csc(NC4CCCCC4)n3)ccc21. The third-order valence-corrected chi connectivity index (χ3v) is 7.24. The number of aromatic nitrogens is 1. The zero-order valence-electron chi connectivity index (χ0n) is 15.1. The van der Waals surface area contributed by atoms with Gasteiger partial charge in [0.2, 0.25) is 10.0 Å². The highest BCUT2D eigenvalue weighted by Crippen LogP contribution is 2.34. The van der Waals surface area contributed by atoms with Crippen LogP contribution in [0.15, 0.2) is 23.6 Å². The lowest BCUT2D eigenvalue weighted by Gasteiger charge is -2.29. The summed E-state index contributed by atoms with van der Waals surface area (Å²) in [5.74, 6) is 0. The highest BCUT2D eigenvalue weighted by molar-refractivity contribution is 7.92. The highest BCUT2D eigenvalue weighted by atomic mass is 32.2. The van der Waals surface area contributed by atoms with Gasteiger partial charge in [0.1, 0.15) is 0 Å². The van der Waals surface area contributed by atoms with Crippen LogP contribution >= 0.6 is 11.3 Å². The number of rotatable bonds is 4. The van der Waals surface area contributed by atoms with Gasteiger partial charge in [-0.15, -0.1) is 11.3 Å². The number of hydrogen-bond acceptors (Lipinski definition) is 5. The summed E-state index contributed by atoms with van der Waals surface area (Å²) in [5, 5.41) is 6.66. The van der Waals surface area contributed by atoms with Crippen molar-refractivity contribution in [3.63, 3.8) is 0 Å². The van der Waals surface area contributed by atoms with Gasteiger partial charge < -0.3 is 5.32 Å². The third-order valence-electron chi connectivity index (χ3n) is 5.29. The van der Waals surface area contributed by atoms with E-state index in [9.17, 15) is 8.42 Å². The van der Waals surface area contributed by atoms with Gasteiger partial charge in [-0.25, -0.2) is 13.4 Å². The van der Waals surface area contributed by atoms with Gasteiger partial charge in [0.15, 0.2) is 5.13 Å². The maximum absolute atomic E-state index is 12.0. The minimum absolute atomic E-state index is 0.551. The number of fused-ring (bicyclic) bond motifs is 1. The number of aryl methyl sites for hydroxylation is 1. The van der Waals surface area contributed by atoms with Gasteiger partial charge in [-0.2, -0.15) is 0 Å². The fourth-order valence-electron chi connectivity index (χ4n) is 3.96. The zero-order valence-corrected chi connectivity index (χ0v) is 16.7. The molecule has 1 aliphatic heterocycles. The fourth-order valence-corrected chi connectivity index (χ4v) is 5.75. The summed E-state index contributed by atoms with van der Waals surface area (Å²) in [4.78, 5) is 4.77. The van der Waals surface area contributed by atoms with Crippen LogP contribution < -0.4 is 9.62 Å². The van der Waals surface area contributed by atoms with Crippen LogP contribution in [0.25, 0.3) is 11.3 Å². The normalized spacial score (nSPS) is 18.6. The molecule has 0 amide bonds. The van der Waals surface area contributed by atoms with E-state index in [1.54, 1.807) is 11.3 Å². The average molecular weight is 392 g/mol. The van der Waals surface area contributed by atoms with Crippen LogP contribution in [0.1, 0.15) is 44.1 Å². The topological polar surface area (TPSA) is 62.3 Å². The second kappa shape index (κ2) is 7.19. The number of anilines is 2. The van der Waals surface area contributed by atoms with Crippen LogP contribution in [0.4, 0.5) is 10.8 Å². The molecule has 0 bridgehead atoms. The minimum atomic E-state index is -3.22. The standard InChI is InChI=1S/C19H25N3O2S2/c1-26(23,24)22-11-5-6-15-12-14(9-10-18(15)22)17-13-25-19(21-17)20-16-7-3-2-4-8-16/h9-10,12-13,16H,2-8,11H2,1H3,(H,20,21). The molecule has 1 aliphatic carbocycles. The molecule has 140 valence electrons. The van der Waals surface area contributed by atoms with Crippen molar-refractivity contribution in [3.8, 4) is 11.3 Å². The molecular formula is C19H25N3O2S2. The maximum atomic E-state index is 12.0. The van der Waals surface area contributed by atoms with E-state index >= 15 is 0 Å².